The van der Waals surface area contributed by atoms with E-state index >= 15 is 0 Å². The minimum absolute atomic E-state index is 0.0494. The van der Waals surface area contributed by atoms with Gasteiger partial charge in [0.2, 0.25) is 0 Å². The first-order chi connectivity index (χ1) is 19.1. The first-order valence-electron chi connectivity index (χ1n) is 10.8. The predicted octanol–water partition coefficient (Wildman–Crippen LogP) is -2.57. The largest absolute Gasteiger partial charge is 0.744 e. The SMILES string of the molecule is O=C([O-])C1=NN(c2ccc(S(=O)(=O)[O-])cc2)C(=O)/C1=C\C=C\c1c(C(=O)[O-])[nH]n(-c2ccc(S(=O)(=O)[O-])cc2)c1=O. The maximum absolute atomic E-state index is 12.9. The number of anilines is 1. The molecule has 16 nitrogen and oxygen atoms in total. The van der Waals surface area contributed by atoms with E-state index in [1.165, 1.54) is 0 Å². The van der Waals surface area contributed by atoms with Gasteiger partial charge in [-0.3, -0.25) is 14.7 Å². The molecule has 0 radical (unpaired) electrons. The van der Waals surface area contributed by atoms with Crippen molar-refractivity contribution in [2.75, 3.05) is 5.01 Å². The van der Waals surface area contributed by atoms with Crippen LogP contribution < -0.4 is 20.8 Å². The highest BCUT2D eigenvalue weighted by Crippen LogP contribution is 2.25. The van der Waals surface area contributed by atoms with Crippen LogP contribution in [0.3, 0.4) is 0 Å². The fraction of sp³-hybridized carbons (Fsp3) is 0. The second-order valence-corrected chi connectivity index (χ2v) is 10.8. The maximum Gasteiger partial charge on any atom is 0.281 e. The van der Waals surface area contributed by atoms with Crippen molar-refractivity contribution < 1.29 is 50.5 Å². The summed E-state index contributed by atoms with van der Waals surface area (Å²) in [5, 5.41) is 29.7. The topological polar surface area (TPSA) is 265 Å². The maximum atomic E-state index is 12.9. The fourth-order valence-electron chi connectivity index (χ4n) is 3.59. The number of hydrazone groups is 1. The smallest absolute Gasteiger partial charge is 0.281 e. The monoisotopic (exact) mass is 600 g/mol. The Labute approximate surface area is 229 Å². The molecule has 0 spiro atoms. The lowest BCUT2D eigenvalue weighted by Crippen LogP contribution is -2.32. The van der Waals surface area contributed by atoms with Crippen molar-refractivity contribution in [2.24, 2.45) is 5.10 Å². The number of H-pyrrole nitrogens is 1. The summed E-state index contributed by atoms with van der Waals surface area (Å²) < 4.78 is 67.4. The van der Waals surface area contributed by atoms with Crippen molar-refractivity contribution in [3.8, 4) is 5.69 Å². The van der Waals surface area contributed by atoms with Gasteiger partial charge in [-0.15, -0.1) is 0 Å². The number of hydrogen-bond acceptors (Lipinski definition) is 13. The van der Waals surface area contributed by atoms with E-state index in [4.69, 9.17) is 0 Å². The second-order valence-electron chi connectivity index (χ2n) is 8.02. The average Bonchev–Trinajstić information content (AvgIpc) is 3.40. The number of hydrogen-bond donors (Lipinski definition) is 1. The highest BCUT2D eigenvalue weighted by Gasteiger charge is 2.31. The van der Waals surface area contributed by atoms with Gasteiger partial charge in [-0.1, -0.05) is 6.08 Å². The van der Waals surface area contributed by atoms with Gasteiger partial charge in [0.1, 0.15) is 25.9 Å². The van der Waals surface area contributed by atoms with Crippen molar-refractivity contribution in [2.45, 2.75) is 9.79 Å². The van der Waals surface area contributed by atoms with Gasteiger partial charge < -0.3 is 28.9 Å². The molecule has 212 valence electrons. The molecule has 0 aliphatic carbocycles. The molecular weight excluding hydrogens is 588 g/mol. The molecule has 1 aliphatic heterocycles. The van der Waals surface area contributed by atoms with E-state index in [0.717, 1.165) is 66.8 Å². The number of aromatic carboxylic acids is 1. The predicted molar refractivity (Wildman–Crippen MR) is 130 cm³/mol. The molecule has 2 heterocycles. The Balaban J connectivity index is 1.69. The molecule has 41 heavy (non-hydrogen) atoms. The van der Waals surface area contributed by atoms with Crippen LogP contribution in [0.1, 0.15) is 16.1 Å². The zero-order chi connectivity index (χ0) is 30.3. The number of nitrogens with zero attached hydrogens (tertiary/aromatic N) is 3. The van der Waals surface area contributed by atoms with Crippen LogP contribution >= 0.6 is 0 Å². The molecule has 1 amide bonds. The summed E-state index contributed by atoms with van der Waals surface area (Å²) in [7, 11) is -9.58. The molecule has 1 N–H and O–H groups in total. The summed E-state index contributed by atoms with van der Waals surface area (Å²) in [5.41, 5.74) is -3.76. The molecular formula is C23H12N4O12S2-4. The van der Waals surface area contributed by atoms with E-state index in [-0.39, 0.29) is 11.4 Å². The van der Waals surface area contributed by atoms with Gasteiger partial charge in [0, 0.05) is 0 Å². The lowest BCUT2D eigenvalue weighted by atomic mass is 10.1. The fourth-order valence-corrected chi connectivity index (χ4v) is 4.53. The van der Waals surface area contributed by atoms with Gasteiger partial charge in [-0.2, -0.15) is 10.1 Å². The van der Waals surface area contributed by atoms with E-state index in [0.29, 0.717) is 9.69 Å². The van der Waals surface area contributed by atoms with Gasteiger partial charge in [-0.05, 0) is 60.7 Å². The third-order valence-electron chi connectivity index (χ3n) is 5.48. The number of benzene rings is 2. The highest BCUT2D eigenvalue weighted by molar-refractivity contribution is 7.86. The molecule has 3 aromatic rings. The van der Waals surface area contributed by atoms with E-state index in [1.807, 2.05) is 0 Å². The highest BCUT2D eigenvalue weighted by atomic mass is 32.2. The number of carbonyl (C=O) groups excluding carboxylic acids is 3. The quantitative estimate of drug-likeness (QED) is 0.206. The van der Waals surface area contributed by atoms with Crippen LogP contribution in [0.25, 0.3) is 11.8 Å². The van der Waals surface area contributed by atoms with Gasteiger partial charge in [0.15, 0.2) is 0 Å². The van der Waals surface area contributed by atoms with Gasteiger partial charge >= 0.3 is 0 Å². The number of amides is 1. The summed E-state index contributed by atoms with van der Waals surface area (Å²) in [6.07, 6.45) is 2.79. The lowest BCUT2D eigenvalue weighted by Gasteiger charge is -2.13. The minimum atomic E-state index is -4.79. The molecule has 18 heteroatoms. The van der Waals surface area contributed by atoms with E-state index in [9.17, 15) is 55.3 Å². The molecule has 4 rings (SSSR count). The van der Waals surface area contributed by atoms with Gasteiger partial charge in [0.05, 0.1) is 49.9 Å². The number of allylic oxidation sites excluding steroid dienone is 2. The Kier molecular flexibility index (Phi) is 7.33. The van der Waals surface area contributed by atoms with Crippen molar-refractivity contribution in [1.82, 2.24) is 9.78 Å². The Morgan fingerprint density at radius 3 is 1.78 bits per heavy atom. The zero-order valence-corrected chi connectivity index (χ0v) is 21.5. The standard InChI is InChI=1S/C23H16N4O12S2/c28-20-16(18(22(30)31)24-26(20)12-4-8-14(9-5-12)40(34,35)36)2-1-3-17-19(23(32)33)25-27(21(17)29)13-6-10-15(11-7-13)41(37,38)39/h1-11,24H,(H,30,31)(H,32,33)(H,34,35,36)(H,37,38,39)/p-4/b2-1+,17-3-. The van der Waals surface area contributed by atoms with Crippen molar-refractivity contribution in [3.05, 3.63) is 87.9 Å². The van der Waals surface area contributed by atoms with Crippen LogP contribution in [0.15, 0.2) is 85.9 Å². The Morgan fingerprint density at radius 1 is 0.805 bits per heavy atom. The van der Waals surface area contributed by atoms with E-state index < -0.39 is 76.0 Å². The number of aromatic amines is 1. The molecule has 0 saturated carbocycles. The van der Waals surface area contributed by atoms with E-state index in [1.54, 1.807) is 0 Å². The summed E-state index contributed by atoms with van der Waals surface area (Å²) >= 11 is 0. The number of nitrogens with one attached hydrogen (secondary N) is 1. The molecule has 0 saturated heterocycles. The van der Waals surface area contributed by atoms with Crippen LogP contribution in [-0.4, -0.2) is 59.3 Å². The first kappa shape index (κ1) is 28.8. The number of rotatable bonds is 8. The van der Waals surface area contributed by atoms with Crippen LogP contribution in [0.5, 0.6) is 0 Å². The normalized spacial score (nSPS) is 15.1. The summed E-state index contributed by atoms with van der Waals surface area (Å²) in [4.78, 5) is 47.8. The molecule has 1 aromatic heterocycles. The zero-order valence-electron chi connectivity index (χ0n) is 19.9. The van der Waals surface area contributed by atoms with Crippen molar-refractivity contribution >= 4 is 55.6 Å². The van der Waals surface area contributed by atoms with Gasteiger partial charge in [-0.25, -0.2) is 21.5 Å². The average molecular weight is 600 g/mol. The Hall–Kier alpha value is -5.17. The summed E-state index contributed by atoms with van der Waals surface area (Å²) in [6, 6.07) is 7.74. The van der Waals surface area contributed by atoms with Crippen LogP contribution in [-0.2, 0) is 29.8 Å². The second kappa shape index (κ2) is 10.4. The Bertz CT molecular complexity index is 1970. The molecule has 0 unspecified atom stereocenters. The molecule has 0 fully saturated rings. The third-order valence-corrected chi connectivity index (χ3v) is 7.18. The van der Waals surface area contributed by atoms with Crippen LogP contribution in [0.4, 0.5) is 5.69 Å². The minimum Gasteiger partial charge on any atom is -0.744 e. The number of aromatic nitrogens is 2. The number of carboxylic acids is 2. The third kappa shape index (κ3) is 5.75. The summed E-state index contributed by atoms with van der Waals surface area (Å²) in [6.45, 7) is 0. The Morgan fingerprint density at radius 2 is 1.32 bits per heavy atom. The molecule has 2 aromatic carbocycles. The van der Waals surface area contributed by atoms with Crippen molar-refractivity contribution in [1.29, 1.82) is 0 Å². The van der Waals surface area contributed by atoms with Gasteiger partial charge in [0.25, 0.3) is 11.5 Å². The lowest BCUT2D eigenvalue weighted by molar-refractivity contribution is -0.294. The van der Waals surface area contributed by atoms with Crippen molar-refractivity contribution in [3.63, 3.8) is 0 Å². The molecule has 0 bridgehead atoms. The number of carbonyl (C=O) groups is 3. The summed E-state index contributed by atoms with van der Waals surface area (Å²) in [5.74, 6) is -4.72. The number of aliphatic carboxylic acids is 1. The van der Waals surface area contributed by atoms with E-state index in [2.05, 4.69) is 10.2 Å². The number of carboxylic acid groups (broad SMARTS) is 2. The molecule has 0 atom stereocenters. The van der Waals surface area contributed by atoms with Crippen LogP contribution in [0.2, 0.25) is 0 Å². The first-order valence-corrected chi connectivity index (χ1v) is 13.6. The molecule has 1 aliphatic rings. The van der Waals surface area contributed by atoms with Crippen LogP contribution in [0, 0.1) is 0 Å².